The van der Waals surface area contributed by atoms with Crippen LogP contribution in [0.1, 0.15) is 43.6 Å². The van der Waals surface area contributed by atoms with Gasteiger partial charge in [-0.25, -0.2) is 18.6 Å². The van der Waals surface area contributed by atoms with Crippen LogP contribution in [0.2, 0.25) is 0 Å². The molecule has 16 heteroatoms. The fourth-order valence-corrected chi connectivity index (χ4v) is 4.46. The average molecular weight is 738 g/mol. The third-order valence-corrected chi connectivity index (χ3v) is 7.31. The highest BCUT2D eigenvalue weighted by molar-refractivity contribution is 6.10. The molecular formula is C38H33F2N7O7. The molecule has 0 spiro atoms. The lowest BCUT2D eigenvalue weighted by molar-refractivity contribution is -0.0756. The summed E-state index contributed by atoms with van der Waals surface area (Å²) >= 11 is 0. The van der Waals surface area contributed by atoms with Crippen molar-refractivity contribution in [3.05, 3.63) is 138 Å². The summed E-state index contributed by atoms with van der Waals surface area (Å²) < 4.78 is 32.0. The quantitative estimate of drug-likeness (QED) is 0.147. The van der Waals surface area contributed by atoms with Gasteiger partial charge in [0.2, 0.25) is 0 Å². The molecule has 0 radical (unpaired) electrons. The Kier molecular flexibility index (Phi) is 14.1. The number of halogens is 2. The van der Waals surface area contributed by atoms with Crippen LogP contribution in [0.4, 0.5) is 8.78 Å². The van der Waals surface area contributed by atoms with Crippen LogP contribution in [-0.4, -0.2) is 90.7 Å². The largest absolute Gasteiger partial charge is 0.505 e. The Morgan fingerprint density at radius 2 is 1.06 bits per heavy atom. The Balaban J connectivity index is 0.000000176. The number of benzene rings is 4. The minimum Gasteiger partial charge on any atom is -0.505 e. The molecule has 4 aromatic carbocycles. The van der Waals surface area contributed by atoms with Crippen molar-refractivity contribution >= 4 is 50.8 Å². The fraction of sp³-hybridized carbons (Fsp3) is 0.132. The maximum atomic E-state index is 13.8. The van der Waals surface area contributed by atoms with Crippen molar-refractivity contribution < 1.29 is 43.0 Å². The molecule has 1 amide bonds. The number of carbonyl (C=O) groups is 3. The van der Waals surface area contributed by atoms with Crippen LogP contribution < -0.4 is 0 Å². The van der Waals surface area contributed by atoms with Gasteiger partial charge in [-0.1, -0.05) is 0 Å². The van der Waals surface area contributed by atoms with E-state index in [1.54, 1.807) is 57.0 Å². The predicted molar refractivity (Wildman–Crippen MR) is 194 cm³/mol. The summed E-state index contributed by atoms with van der Waals surface area (Å²) in [5, 5.41) is 19.1. The number of phenols is 1. The summed E-state index contributed by atoms with van der Waals surface area (Å²) in [7, 11) is 4.68. The first-order valence-corrected chi connectivity index (χ1v) is 15.9. The Morgan fingerprint density at radius 3 is 1.50 bits per heavy atom. The number of amides is 1. The predicted octanol–water partition coefficient (Wildman–Crippen LogP) is 6.09. The van der Waals surface area contributed by atoms with Gasteiger partial charge in [-0.15, -0.1) is 0 Å². The van der Waals surface area contributed by atoms with Gasteiger partial charge >= 0.3 is 5.97 Å². The van der Waals surface area contributed by atoms with Crippen LogP contribution in [0.5, 0.6) is 5.75 Å². The highest BCUT2D eigenvalue weighted by Crippen LogP contribution is 2.25. The Hall–Kier alpha value is -6.91. The molecule has 276 valence electrons. The van der Waals surface area contributed by atoms with E-state index in [2.05, 4.69) is 34.6 Å². The van der Waals surface area contributed by atoms with Crippen LogP contribution in [0, 0.1) is 11.6 Å². The summed E-state index contributed by atoms with van der Waals surface area (Å²) in [4.78, 5) is 63.8. The van der Waals surface area contributed by atoms with Crippen LogP contribution in [0.3, 0.4) is 0 Å². The number of fused-ring (bicyclic) bond motifs is 3. The van der Waals surface area contributed by atoms with Gasteiger partial charge in [-0.2, -0.15) is 0 Å². The van der Waals surface area contributed by atoms with Crippen LogP contribution >= 0.6 is 0 Å². The number of nitrogens with zero attached hydrogens (tertiary/aromatic N) is 7. The van der Waals surface area contributed by atoms with Crippen molar-refractivity contribution in [1.82, 2.24) is 35.0 Å². The summed E-state index contributed by atoms with van der Waals surface area (Å²) in [6.07, 6.45) is 9.27. The number of phenolic OH excluding ortho intramolecular Hbond substituents is 1. The van der Waals surface area contributed by atoms with Crippen molar-refractivity contribution in [3.8, 4) is 5.75 Å². The second-order valence-electron chi connectivity index (χ2n) is 10.7. The van der Waals surface area contributed by atoms with Crippen molar-refractivity contribution in [2.75, 3.05) is 27.9 Å². The fourth-order valence-electron chi connectivity index (χ4n) is 4.46. The van der Waals surface area contributed by atoms with Gasteiger partial charge in [0.1, 0.15) is 5.82 Å². The third kappa shape index (κ3) is 10.1. The Bertz CT molecular complexity index is 2420. The number of hydroxylamine groups is 2. The number of carbonyl (C=O) groups excluding carboxylic acids is 2. The lowest BCUT2D eigenvalue weighted by Gasteiger charge is -2.13. The van der Waals surface area contributed by atoms with Crippen molar-refractivity contribution in [2.24, 2.45) is 0 Å². The van der Waals surface area contributed by atoms with Crippen molar-refractivity contribution in [3.63, 3.8) is 0 Å². The summed E-state index contributed by atoms with van der Waals surface area (Å²) in [6, 6.07) is 15.9. The van der Waals surface area contributed by atoms with Crippen LogP contribution in [-0.2, 0) is 9.57 Å². The maximum Gasteiger partial charge on any atom is 0.335 e. The number of carboxylic acid groups (broad SMARTS) is 1. The number of carboxylic acids is 1. The topological polar surface area (TPSA) is 191 Å². The van der Waals surface area contributed by atoms with E-state index in [-0.39, 0.29) is 17.0 Å². The number of rotatable bonds is 6. The molecule has 0 fully saturated rings. The smallest absolute Gasteiger partial charge is 0.335 e. The molecule has 2 N–H and O–H groups in total. The Labute approximate surface area is 306 Å². The summed E-state index contributed by atoms with van der Waals surface area (Å²) in [5.41, 5.74) is 3.78. The molecule has 14 nitrogen and oxygen atoms in total. The standard InChI is InChI=1S/C15H8F2N2O2.C11H11N3O2.C9H6N2O2.C3H8O/c16-9-2-4-12(20)14(17)13(9)15(21)8-1-3-10-11(7-8)19-6-5-18-10;1-14(16-2)11(15)8-3-4-9-10(7-8)13-6-5-12-9;12-9(13)6-1-2-7-8(5-6)11-4-3-10-7;1-3-4-2/h1-7,20H;3-7H,1-2H3;1-5H,(H,12,13);3H2,1-2H3. The zero-order chi connectivity index (χ0) is 39.2. The molecule has 0 saturated heterocycles. The highest BCUT2D eigenvalue weighted by Gasteiger charge is 2.22. The van der Waals surface area contributed by atoms with E-state index < -0.39 is 34.7 Å². The van der Waals surface area contributed by atoms with Crippen molar-refractivity contribution in [2.45, 2.75) is 6.92 Å². The number of methoxy groups -OCH3 is 1. The first kappa shape index (κ1) is 39.9. The van der Waals surface area contributed by atoms with E-state index in [9.17, 15) is 28.3 Å². The van der Waals surface area contributed by atoms with Crippen LogP contribution in [0.25, 0.3) is 33.1 Å². The SMILES string of the molecule is CCOC.CON(C)C(=O)c1ccc2nccnc2c1.O=C(O)c1ccc2nccnc2c1.O=C(c1ccc2nccnc2c1)c1c(F)ccc(O)c1F. The molecule has 7 aromatic rings. The lowest BCUT2D eigenvalue weighted by Crippen LogP contribution is -2.25. The number of ketones is 1. The van der Waals surface area contributed by atoms with Gasteiger partial charge < -0.3 is 14.9 Å². The number of ether oxygens (including phenoxy) is 1. The monoisotopic (exact) mass is 737 g/mol. The molecule has 0 aliphatic carbocycles. The minimum absolute atomic E-state index is 0.0615. The van der Waals surface area contributed by atoms with E-state index in [1.807, 2.05) is 6.92 Å². The average Bonchev–Trinajstić information content (AvgIpc) is 3.21. The second-order valence-corrected chi connectivity index (χ2v) is 10.7. The number of aromatic nitrogens is 6. The molecule has 0 aliphatic rings. The molecule has 7 rings (SSSR count). The van der Waals surface area contributed by atoms with E-state index in [0.717, 1.165) is 29.3 Å². The third-order valence-electron chi connectivity index (χ3n) is 7.31. The second kappa shape index (κ2) is 19.1. The number of hydrogen-bond acceptors (Lipinski definition) is 12. The number of aromatic carboxylic acids is 1. The molecule has 54 heavy (non-hydrogen) atoms. The molecule has 0 bridgehead atoms. The molecule has 3 heterocycles. The van der Waals surface area contributed by atoms with Gasteiger partial charge in [-0.05, 0) is 73.7 Å². The first-order valence-electron chi connectivity index (χ1n) is 15.9. The molecule has 0 unspecified atom stereocenters. The van der Waals surface area contributed by atoms with E-state index >= 15 is 0 Å². The highest BCUT2D eigenvalue weighted by atomic mass is 19.1. The normalized spacial score (nSPS) is 10.3. The summed E-state index contributed by atoms with van der Waals surface area (Å²) in [6.45, 7) is 2.78. The molecule has 0 atom stereocenters. The zero-order valence-electron chi connectivity index (χ0n) is 29.3. The van der Waals surface area contributed by atoms with E-state index in [0.29, 0.717) is 33.1 Å². The summed E-state index contributed by atoms with van der Waals surface area (Å²) in [5.74, 6) is -5.12. The minimum atomic E-state index is -1.28. The van der Waals surface area contributed by atoms with Gasteiger partial charge in [0, 0.05) is 69.1 Å². The van der Waals surface area contributed by atoms with Gasteiger partial charge in [-0.3, -0.25) is 44.3 Å². The maximum absolute atomic E-state index is 13.8. The number of aromatic hydroxyl groups is 1. The van der Waals surface area contributed by atoms with E-state index in [4.69, 9.17) is 9.94 Å². The first-order chi connectivity index (χ1) is 26.0. The van der Waals surface area contributed by atoms with Crippen molar-refractivity contribution in [1.29, 1.82) is 0 Å². The molecule has 3 aromatic heterocycles. The molecule has 0 aliphatic heterocycles. The van der Waals surface area contributed by atoms with Gasteiger partial charge in [0.05, 0.1) is 51.3 Å². The van der Waals surface area contributed by atoms with Gasteiger partial charge in [0.25, 0.3) is 5.91 Å². The van der Waals surface area contributed by atoms with Gasteiger partial charge in [0.15, 0.2) is 17.3 Å². The van der Waals surface area contributed by atoms with E-state index in [1.165, 1.54) is 56.0 Å². The molecular weight excluding hydrogens is 704 g/mol. The Morgan fingerprint density at radius 1 is 0.648 bits per heavy atom. The number of hydrogen-bond donors (Lipinski definition) is 2. The lowest BCUT2D eigenvalue weighted by atomic mass is 10.0. The zero-order valence-corrected chi connectivity index (χ0v) is 29.3. The van der Waals surface area contributed by atoms with Crippen LogP contribution in [0.15, 0.2) is 104 Å². The molecule has 0 saturated carbocycles.